The Morgan fingerprint density at radius 1 is 1.03 bits per heavy atom. The van der Waals surface area contributed by atoms with Crippen LogP contribution in [0.25, 0.3) is 0 Å². The van der Waals surface area contributed by atoms with E-state index in [1.165, 1.54) is 19.8 Å². The molecule has 164 valence electrons. The molecule has 0 spiro atoms. The highest BCUT2D eigenvalue weighted by atomic mass is 16.5. The number of rotatable bonds is 6. The molecular formula is C23H27N3O5. The van der Waals surface area contributed by atoms with Gasteiger partial charge in [-0.15, -0.1) is 0 Å². The van der Waals surface area contributed by atoms with Gasteiger partial charge in [0.15, 0.2) is 6.61 Å². The number of imide groups is 1. The van der Waals surface area contributed by atoms with E-state index in [-0.39, 0.29) is 11.8 Å². The van der Waals surface area contributed by atoms with Gasteiger partial charge in [0.1, 0.15) is 6.04 Å². The zero-order valence-electron chi connectivity index (χ0n) is 17.6. The second kappa shape index (κ2) is 8.91. The number of hydrogen-bond donors (Lipinski definition) is 1. The average molecular weight is 425 g/mol. The van der Waals surface area contributed by atoms with Crippen molar-refractivity contribution in [3.05, 3.63) is 36.4 Å². The molecule has 8 nitrogen and oxygen atoms in total. The van der Waals surface area contributed by atoms with E-state index in [1.807, 2.05) is 36.4 Å². The van der Waals surface area contributed by atoms with E-state index in [9.17, 15) is 19.2 Å². The number of carbonyl (C=O) groups is 4. The number of carbonyl (C=O) groups excluding carboxylic acids is 4. The van der Waals surface area contributed by atoms with Crippen molar-refractivity contribution in [3.63, 3.8) is 0 Å². The van der Waals surface area contributed by atoms with Crippen molar-refractivity contribution in [1.29, 1.82) is 0 Å². The summed E-state index contributed by atoms with van der Waals surface area (Å²) in [6.07, 6.45) is 7.17. The van der Waals surface area contributed by atoms with Gasteiger partial charge in [-0.1, -0.05) is 12.2 Å². The number of esters is 1. The minimum atomic E-state index is -1.06. The summed E-state index contributed by atoms with van der Waals surface area (Å²) in [5.41, 5.74) is 1.73. The maximum Gasteiger partial charge on any atom is 0.329 e. The molecule has 4 rings (SSSR count). The van der Waals surface area contributed by atoms with Crippen LogP contribution < -0.4 is 10.2 Å². The van der Waals surface area contributed by atoms with Gasteiger partial charge in [-0.3, -0.25) is 19.3 Å². The van der Waals surface area contributed by atoms with Crippen LogP contribution in [0.2, 0.25) is 0 Å². The summed E-state index contributed by atoms with van der Waals surface area (Å²) in [5.74, 6) is -2.74. The molecule has 2 aliphatic heterocycles. The van der Waals surface area contributed by atoms with Gasteiger partial charge in [0.25, 0.3) is 5.91 Å². The third-order valence-electron chi connectivity index (χ3n) is 6.24. The third kappa shape index (κ3) is 4.33. The van der Waals surface area contributed by atoms with Crippen molar-refractivity contribution in [2.24, 2.45) is 11.8 Å². The highest BCUT2D eigenvalue weighted by Gasteiger charge is 2.50. The van der Waals surface area contributed by atoms with Gasteiger partial charge in [0.2, 0.25) is 11.8 Å². The number of likely N-dealkylation sites (tertiary alicyclic amines) is 1. The molecular weight excluding hydrogens is 398 g/mol. The van der Waals surface area contributed by atoms with E-state index >= 15 is 0 Å². The quantitative estimate of drug-likeness (QED) is 0.426. The lowest BCUT2D eigenvalue weighted by Crippen LogP contribution is -2.45. The molecule has 1 aromatic carbocycles. The first kappa shape index (κ1) is 21.1. The molecule has 2 saturated heterocycles. The van der Waals surface area contributed by atoms with Crippen LogP contribution in [-0.2, 0) is 23.9 Å². The Labute approximate surface area is 181 Å². The van der Waals surface area contributed by atoms with E-state index in [4.69, 9.17) is 4.74 Å². The topological polar surface area (TPSA) is 96.0 Å². The second-order valence-electron chi connectivity index (χ2n) is 8.28. The molecule has 3 amide bonds. The smallest absolute Gasteiger partial charge is 0.329 e. The molecule has 3 atom stereocenters. The Balaban J connectivity index is 1.27. The molecule has 31 heavy (non-hydrogen) atoms. The van der Waals surface area contributed by atoms with Crippen molar-refractivity contribution in [2.75, 3.05) is 29.9 Å². The minimum absolute atomic E-state index is 0.341. The maximum absolute atomic E-state index is 12.6. The van der Waals surface area contributed by atoms with Gasteiger partial charge in [-0.2, -0.15) is 0 Å². The molecule has 0 radical (unpaired) electrons. The zero-order valence-corrected chi connectivity index (χ0v) is 17.6. The summed E-state index contributed by atoms with van der Waals surface area (Å²) in [7, 11) is 0. The summed E-state index contributed by atoms with van der Waals surface area (Å²) in [5, 5.41) is 2.69. The summed E-state index contributed by atoms with van der Waals surface area (Å²) < 4.78 is 5.08. The molecule has 2 fully saturated rings. The molecule has 3 aliphatic rings. The predicted octanol–water partition coefficient (Wildman–Crippen LogP) is 2.11. The second-order valence-corrected chi connectivity index (χ2v) is 8.28. The molecule has 1 aromatic rings. The fraction of sp³-hybridized carbons (Fsp3) is 0.478. The van der Waals surface area contributed by atoms with E-state index in [0.29, 0.717) is 18.5 Å². The van der Waals surface area contributed by atoms with Crippen molar-refractivity contribution < 1.29 is 23.9 Å². The lowest BCUT2D eigenvalue weighted by molar-refractivity contribution is -0.159. The fourth-order valence-corrected chi connectivity index (χ4v) is 4.50. The summed E-state index contributed by atoms with van der Waals surface area (Å²) >= 11 is 0. The number of amides is 3. The Morgan fingerprint density at radius 2 is 1.61 bits per heavy atom. The SMILES string of the molecule is C[C@@H](C(=O)OCC(=O)Nc1ccc(N2CCCC2)cc1)N1C(=O)[C@H]2CC=CC[C@@H]2C1=O. The summed E-state index contributed by atoms with van der Waals surface area (Å²) in [4.78, 5) is 53.0. The first-order valence-corrected chi connectivity index (χ1v) is 10.8. The van der Waals surface area contributed by atoms with Gasteiger partial charge < -0.3 is 15.0 Å². The standard InChI is InChI=1S/C23H27N3O5/c1-15(26-21(28)18-6-2-3-7-19(18)22(26)29)23(30)31-14-20(27)24-16-8-10-17(11-9-16)25-12-4-5-13-25/h2-3,8-11,15,18-19H,4-7,12-14H2,1H3,(H,24,27)/t15-,18-,19-/m0/s1. The van der Waals surface area contributed by atoms with Crippen molar-refractivity contribution >= 4 is 35.1 Å². The molecule has 0 bridgehead atoms. The minimum Gasteiger partial charge on any atom is -0.454 e. The first-order chi connectivity index (χ1) is 15.0. The zero-order chi connectivity index (χ0) is 22.0. The Bertz CT molecular complexity index is 878. The molecule has 0 aromatic heterocycles. The monoisotopic (exact) mass is 425 g/mol. The number of hydrogen-bond acceptors (Lipinski definition) is 6. The van der Waals surface area contributed by atoms with Gasteiger partial charge in [0, 0.05) is 24.5 Å². The van der Waals surface area contributed by atoms with Gasteiger partial charge >= 0.3 is 5.97 Å². The highest BCUT2D eigenvalue weighted by Crippen LogP contribution is 2.36. The molecule has 0 saturated carbocycles. The van der Waals surface area contributed by atoms with Crippen molar-refractivity contribution in [1.82, 2.24) is 4.90 Å². The number of nitrogens with one attached hydrogen (secondary N) is 1. The van der Waals surface area contributed by atoms with Crippen LogP contribution in [0.4, 0.5) is 11.4 Å². The van der Waals surface area contributed by atoms with Crippen LogP contribution in [-0.4, -0.2) is 54.3 Å². The Kier molecular flexibility index (Phi) is 6.06. The van der Waals surface area contributed by atoms with Crippen molar-refractivity contribution in [3.8, 4) is 0 Å². The van der Waals surface area contributed by atoms with Crippen molar-refractivity contribution in [2.45, 2.75) is 38.6 Å². The van der Waals surface area contributed by atoms with E-state index in [2.05, 4.69) is 10.2 Å². The average Bonchev–Trinajstić information content (AvgIpc) is 3.40. The number of allylic oxidation sites excluding steroid dienone is 2. The van der Waals surface area contributed by atoms with Gasteiger partial charge in [-0.25, -0.2) is 4.79 Å². The van der Waals surface area contributed by atoms with Gasteiger partial charge in [0.05, 0.1) is 11.8 Å². The van der Waals surface area contributed by atoms with Crippen LogP contribution in [0.3, 0.4) is 0 Å². The number of benzene rings is 1. The van der Waals surface area contributed by atoms with Crippen LogP contribution >= 0.6 is 0 Å². The lowest BCUT2D eigenvalue weighted by Gasteiger charge is -2.21. The summed E-state index contributed by atoms with van der Waals surface area (Å²) in [6, 6.07) is 6.47. The van der Waals surface area contributed by atoms with Crippen LogP contribution in [0.1, 0.15) is 32.6 Å². The number of fused-ring (bicyclic) bond motifs is 1. The van der Waals surface area contributed by atoms with E-state index in [1.54, 1.807) is 0 Å². The maximum atomic E-state index is 12.6. The third-order valence-corrected chi connectivity index (χ3v) is 6.24. The predicted molar refractivity (Wildman–Crippen MR) is 114 cm³/mol. The first-order valence-electron chi connectivity index (χ1n) is 10.8. The lowest BCUT2D eigenvalue weighted by atomic mass is 9.85. The molecule has 2 heterocycles. The van der Waals surface area contributed by atoms with E-state index in [0.717, 1.165) is 23.7 Å². The largest absolute Gasteiger partial charge is 0.454 e. The Hall–Kier alpha value is -3.16. The van der Waals surface area contributed by atoms with Crippen LogP contribution in [0.5, 0.6) is 0 Å². The van der Waals surface area contributed by atoms with Gasteiger partial charge in [-0.05, 0) is 56.9 Å². The summed E-state index contributed by atoms with van der Waals surface area (Å²) in [6.45, 7) is 3.05. The number of nitrogens with zero attached hydrogens (tertiary/aromatic N) is 2. The molecule has 0 unspecified atom stereocenters. The Morgan fingerprint density at radius 3 is 2.19 bits per heavy atom. The normalized spacial score (nSPS) is 23.6. The molecule has 1 N–H and O–H groups in total. The number of anilines is 2. The molecule has 8 heteroatoms. The van der Waals surface area contributed by atoms with Crippen LogP contribution in [0.15, 0.2) is 36.4 Å². The molecule has 1 aliphatic carbocycles. The van der Waals surface area contributed by atoms with Crippen LogP contribution in [0, 0.1) is 11.8 Å². The number of ether oxygens (including phenoxy) is 1. The van der Waals surface area contributed by atoms with E-state index < -0.39 is 36.4 Å². The fourth-order valence-electron chi connectivity index (χ4n) is 4.50. The highest BCUT2D eigenvalue weighted by molar-refractivity contribution is 6.08.